The van der Waals surface area contributed by atoms with Crippen molar-refractivity contribution in [2.75, 3.05) is 13.1 Å². The summed E-state index contributed by atoms with van der Waals surface area (Å²) in [5.74, 6) is -1.37. The number of sulfonamides is 1. The summed E-state index contributed by atoms with van der Waals surface area (Å²) in [6.45, 7) is 3.84. The molecule has 0 saturated heterocycles. The Labute approximate surface area is 198 Å². The zero-order valence-corrected chi connectivity index (χ0v) is 20.0. The molecular weight excluding hydrogens is 466 g/mol. The van der Waals surface area contributed by atoms with Crippen LogP contribution in [-0.2, 0) is 26.2 Å². The molecule has 2 aromatic rings. The first-order valence-corrected chi connectivity index (χ1v) is 12.5. The predicted octanol–water partition coefficient (Wildman–Crippen LogP) is 2.82. The molecule has 2 aromatic carbocycles. The van der Waals surface area contributed by atoms with Gasteiger partial charge in [0.25, 0.3) is 15.9 Å². The Balaban J connectivity index is 1.82. The van der Waals surface area contributed by atoms with E-state index in [1.165, 1.54) is 17.0 Å². The lowest BCUT2D eigenvalue weighted by Crippen LogP contribution is -2.49. The molecule has 3 rings (SSSR count). The first kappa shape index (κ1) is 24.7. The van der Waals surface area contributed by atoms with E-state index in [0.29, 0.717) is 18.0 Å². The van der Waals surface area contributed by atoms with E-state index in [2.05, 4.69) is 5.32 Å². The van der Waals surface area contributed by atoms with Gasteiger partial charge in [0.15, 0.2) is 0 Å². The molecule has 0 fully saturated rings. The Morgan fingerprint density at radius 3 is 2.36 bits per heavy atom. The average molecular weight is 492 g/mol. The minimum atomic E-state index is -4.01. The number of hydrogen-bond donors (Lipinski definition) is 1. The molecule has 1 atom stereocenters. The molecule has 33 heavy (non-hydrogen) atoms. The van der Waals surface area contributed by atoms with Gasteiger partial charge in [-0.1, -0.05) is 42.8 Å². The highest BCUT2D eigenvalue weighted by atomic mass is 35.5. The fourth-order valence-corrected chi connectivity index (χ4v) is 5.49. The molecule has 1 unspecified atom stereocenters. The van der Waals surface area contributed by atoms with Crippen LogP contribution in [0.1, 0.15) is 42.6 Å². The maximum atomic E-state index is 13.3. The monoisotopic (exact) mass is 491 g/mol. The van der Waals surface area contributed by atoms with Crippen LogP contribution in [0.5, 0.6) is 0 Å². The van der Waals surface area contributed by atoms with Crippen LogP contribution in [0.3, 0.4) is 0 Å². The predicted molar refractivity (Wildman–Crippen MR) is 124 cm³/mol. The Hall–Kier alpha value is -2.91. The fourth-order valence-electron chi connectivity index (χ4n) is 3.79. The summed E-state index contributed by atoms with van der Waals surface area (Å²) in [5.41, 5.74) is 0.865. The van der Waals surface area contributed by atoms with Gasteiger partial charge in [-0.3, -0.25) is 14.4 Å². The largest absolute Gasteiger partial charge is 0.355 e. The van der Waals surface area contributed by atoms with Crippen LogP contribution in [0.15, 0.2) is 53.4 Å². The van der Waals surface area contributed by atoms with Crippen molar-refractivity contribution in [1.29, 1.82) is 0 Å². The van der Waals surface area contributed by atoms with Gasteiger partial charge in [-0.15, -0.1) is 0 Å². The van der Waals surface area contributed by atoms with Crippen LogP contribution in [0.2, 0.25) is 5.02 Å². The van der Waals surface area contributed by atoms with Gasteiger partial charge in [0, 0.05) is 31.1 Å². The van der Waals surface area contributed by atoms with Crippen molar-refractivity contribution in [3.8, 4) is 0 Å². The molecular formula is C23H26ClN3O5S. The van der Waals surface area contributed by atoms with Crippen LogP contribution >= 0.6 is 11.6 Å². The number of likely N-dealkylation sites (N-methyl/N-ethyl adjacent to an activating group) is 1. The number of amides is 3. The fraction of sp³-hybridized carbons (Fsp3) is 0.348. The van der Waals surface area contributed by atoms with Crippen molar-refractivity contribution in [1.82, 2.24) is 14.5 Å². The van der Waals surface area contributed by atoms with Crippen molar-refractivity contribution >= 4 is 39.3 Å². The lowest BCUT2D eigenvalue weighted by Gasteiger charge is -2.31. The zero-order chi connectivity index (χ0) is 24.2. The summed E-state index contributed by atoms with van der Waals surface area (Å²) in [6, 6.07) is 12.1. The summed E-state index contributed by atoms with van der Waals surface area (Å²) in [6.07, 6.45) is 0.125. The molecule has 3 amide bonds. The van der Waals surface area contributed by atoms with Crippen molar-refractivity contribution in [3.63, 3.8) is 0 Å². The van der Waals surface area contributed by atoms with Crippen LogP contribution in [0, 0.1) is 0 Å². The SMILES string of the molecule is CCNC(=O)C(CC)N(Cc1ccc(Cl)cc1)C(=O)CCN1C(=O)c2ccccc2S1(=O)=O. The molecule has 1 aliphatic rings. The van der Waals surface area contributed by atoms with E-state index >= 15 is 0 Å². The third kappa shape index (κ3) is 5.20. The molecule has 1 N–H and O–H groups in total. The molecule has 1 aliphatic heterocycles. The quantitative estimate of drug-likeness (QED) is 0.581. The molecule has 0 aliphatic carbocycles. The average Bonchev–Trinajstić information content (AvgIpc) is 2.99. The topological polar surface area (TPSA) is 104 Å². The van der Waals surface area contributed by atoms with Gasteiger partial charge in [0.05, 0.1) is 5.56 Å². The number of carbonyl (C=O) groups excluding carboxylic acids is 3. The maximum Gasteiger partial charge on any atom is 0.269 e. The number of benzene rings is 2. The third-order valence-electron chi connectivity index (χ3n) is 5.44. The number of nitrogens with one attached hydrogen (secondary N) is 1. The molecule has 1 heterocycles. The second kappa shape index (κ2) is 10.4. The Morgan fingerprint density at radius 2 is 1.76 bits per heavy atom. The van der Waals surface area contributed by atoms with E-state index < -0.39 is 27.9 Å². The minimum absolute atomic E-state index is 0.0609. The minimum Gasteiger partial charge on any atom is -0.355 e. The van der Waals surface area contributed by atoms with Gasteiger partial charge in [-0.2, -0.15) is 0 Å². The Kier molecular flexibility index (Phi) is 7.76. The third-order valence-corrected chi connectivity index (χ3v) is 7.54. The number of rotatable bonds is 9. The molecule has 0 spiro atoms. The van der Waals surface area contributed by atoms with Gasteiger partial charge < -0.3 is 10.2 Å². The Bertz CT molecular complexity index is 1150. The Morgan fingerprint density at radius 1 is 1.09 bits per heavy atom. The van der Waals surface area contributed by atoms with Crippen LogP contribution < -0.4 is 5.32 Å². The summed E-state index contributed by atoms with van der Waals surface area (Å²) >= 11 is 5.95. The standard InChI is InChI=1S/C23H26ClN3O5S/c1-3-19(22(29)25-4-2)26(15-16-9-11-17(24)12-10-16)21(28)13-14-27-23(30)18-7-5-6-8-20(18)33(27,31)32/h5-12,19H,3-4,13-15H2,1-2H3,(H,25,29). The van der Waals surface area contributed by atoms with Crippen molar-refractivity contribution < 1.29 is 22.8 Å². The molecule has 8 nitrogen and oxygen atoms in total. The number of nitrogens with zero attached hydrogens (tertiary/aromatic N) is 2. The molecule has 0 radical (unpaired) electrons. The van der Waals surface area contributed by atoms with E-state index in [4.69, 9.17) is 11.6 Å². The first-order chi connectivity index (χ1) is 15.7. The van der Waals surface area contributed by atoms with Crippen LogP contribution in [0.25, 0.3) is 0 Å². The summed E-state index contributed by atoms with van der Waals surface area (Å²) in [7, 11) is -4.01. The van der Waals surface area contributed by atoms with Crippen LogP contribution in [-0.4, -0.2) is 54.5 Å². The highest BCUT2D eigenvalue weighted by Crippen LogP contribution is 2.30. The first-order valence-electron chi connectivity index (χ1n) is 10.7. The number of carbonyl (C=O) groups is 3. The van der Waals surface area contributed by atoms with Gasteiger partial charge in [-0.25, -0.2) is 12.7 Å². The number of halogens is 1. The van der Waals surface area contributed by atoms with E-state index in [-0.39, 0.29) is 35.9 Å². The molecule has 0 aromatic heterocycles. The second-order valence-corrected chi connectivity index (χ2v) is 9.86. The van der Waals surface area contributed by atoms with E-state index in [1.54, 1.807) is 50.2 Å². The maximum absolute atomic E-state index is 13.3. The number of hydrogen-bond acceptors (Lipinski definition) is 5. The highest BCUT2D eigenvalue weighted by molar-refractivity contribution is 7.90. The van der Waals surface area contributed by atoms with Crippen molar-refractivity contribution in [3.05, 3.63) is 64.7 Å². The lowest BCUT2D eigenvalue weighted by molar-refractivity contribution is -0.141. The summed E-state index contributed by atoms with van der Waals surface area (Å²) < 4.78 is 26.3. The molecule has 0 saturated carbocycles. The lowest BCUT2D eigenvalue weighted by atomic mass is 10.1. The van der Waals surface area contributed by atoms with E-state index in [9.17, 15) is 22.8 Å². The summed E-state index contributed by atoms with van der Waals surface area (Å²) in [5, 5.41) is 3.29. The van der Waals surface area contributed by atoms with Crippen molar-refractivity contribution in [2.24, 2.45) is 0 Å². The van der Waals surface area contributed by atoms with Gasteiger partial charge in [-0.05, 0) is 43.2 Å². The number of fused-ring (bicyclic) bond motifs is 1. The zero-order valence-electron chi connectivity index (χ0n) is 18.5. The molecule has 10 heteroatoms. The highest BCUT2D eigenvalue weighted by Gasteiger charge is 2.41. The van der Waals surface area contributed by atoms with Gasteiger partial charge in [0.2, 0.25) is 11.8 Å². The van der Waals surface area contributed by atoms with Gasteiger partial charge >= 0.3 is 0 Å². The molecule has 0 bridgehead atoms. The van der Waals surface area contributed by atoms with Crippen molar-refractivity contribution in [2.45, 2.75) is 44.2 Å². The van der Waals surface area contributed by atoms with Crippen LogP contribution in [0.4, 0.5) is 0 Å². The smallest absolute Gasteiger partial charge is 0.269 e. The molecule has 176 valence electrons. The van der Waals surface area contributed by atoms with Gasteiger partial charge in [0.1, 0.15) is 10.9 Å². The second-order valence-electron chi connectivity index (χ2n) is 7.60. The van der Waals surface area contributed by atoms with E-state index in [0.717, 1.165) is 9.87 Å². The summed E-state index contributed by atoms with van der Waals surface area (Å²) in [4.78, 5) is 39.9. The van der Waals surface area contributed by atoms with E-state index in [1.807, 2.05) is 0 Å². The normalized spacial score (nSPS) is 15.1.